The van der Waals surface area contributed by atoms with Gasteiger partial charge in [-0.25, -0.2) is 4.98 Å². The molecule has 0 aliphatic carbocycles. The van der Waals surface area contributed by atoms with Gasteiger partial charge in [-0.3, -0.25) is 9.89 Å². The molecular formula is C19H21N5O. The molecule has 0 spiro atoms. The van der Waals surface area contributed by atoms with E-state index >= 15 is 0 Å². The van der Waals surface area contributed by atoms with E-state index in [-0.39, 0.29) is 11.9 Å². The molecule has 1 aromatic carbocycles. The van der Waals surface area contributed by atoms with Crippen molar-refractivity contribution in [3.8, 4) is 11.3 Å². The minimum Gasteiger partial charge on any atom is -0.340 e. The lowest BCUT2D eigenvalue weighted by atomic mass is 10.0. The fraction of sp³-hybridized carbons (Fsp3) is 0.316. The quantitative estimate of drug-likeness (QED) is 0.769. The summed E-state index contributed by atoms with van der Waals surface area (Å²) >= 11 is 0. The third-order valence-corrected chi connectivity index (χ3v) is 4.72. The number of aromatic nitrogens is 4. The number of benzene rings is 1. The van der Waals surface area contributed by atoms with Crippen LogP contribution in [0.2, 0.25) is 0 Å². The van der Waals surface area contributed by atoms with Gasteiger partial charge in [0, 0.05) is 18.4 Å². The predicted octanol–water partition coefficient (Wildman–Crippen LogP) is 3.10. The molecular weight excluding hydrogens is 314 g/mol. The Bertz CT molecular complexity index is 825. The molecule has 1 saturated heterocycles. The molecule has 1 fully saturated rings. The maximum atomic E-state index is 12.8. The number of hydrogen-bond donors (Lipinski definition) is 2. The van der Waals surface area contributed by atoms with Crippen molar-refractivity contribution in [2.24, 2.45) is 0 Å². The third kappa shape index (κ3) is 3.33. The largest absolute Gasteiger partial charge is 0.340 e. The van der Waals surface area contributed by atoms with Crippen LogP contribution in [0.15, 0.2) is 48.8 Å². The van der Waals surface area contributed by atoms with Crippen LogP contribution < -0.4 is 0 Å². The first-order chi connectivity index (χ1) is 12.3. The molecule has 0 bridgehead atoms. The summed E-state index contributed by atoms with van der Waals surface area (Å²) in [7, 11) is 0. The number of imidazole rings is 1. The molecule has 1 atom stereocenters. The highest BCUT2D eigenvalue weighted by atomic mass is 16.2. The molecule has 2 N–H and O–H groups in total. The van der Waals surface area contributed by atoms with Crippen LogP contribution in [-0.2, 0) is 11.2 Å². The van der Waals surface area contributed by atoms with Gasteiger partial charge in [0.25, 0.3) is 0 Å². The van der Waals surface area contributed by atoms with Gasteiger partial charge < -0.3 is 9.88 Å². The van der Waals surface area contributed by atoms with E-state index in [4.69, 9.17) is 0 Å². The Morgan fingerprint density at radius 2 is 2.08 bits per heavy atom. The van der Waals surface area contributed by atoms with Gasteiger partial charge in [-0.15, -0.1) is 0 Å². The van der Waals surface area contributed by atoms with Crippen molar-refractivity contribution in [1.29, 1.82) is 0 Å². The third-order valence-electron chi connectivity index (χ3n) is 4.72. The van der Waals surface area contributed by atoms with Gasteiger partial charge in [0.1, 0.15) is 5.82 Å². The second-order valence-electron chi connectivity index (χ2n) is 6.41. The van der Waals surface area contributed by atoms with Crippen molar-refractivity contribution < 1.29 is 4.79 Å². The number of carbonyl (C=O) groups is 1. The minimum atomic E-state index is 0.0154. The number of H-pyrrole nitrogens is 2. The second-order valence-corrected chi connectivity index (χ2v) is 6.41. The monoisotopic (exact) mass is 335 g/mol. The number of piperidine rings is 1. The molecule has 2 aromatic heterocycles. The second kappa shape index (κ2) is 6.93. The Morgan fingerprint density at radius 1 is 1.20 bits per heavy atom. The SMILES string of the molecule is O=C(Cc1ccn[nH]1)N1CCCC[C@@H]1c1ncc(-c2ccccc2)[nH]1. The van der Waals surface area contributed by atoms with Crippen LogP contribution in [0.4, 0.5) is 0 Å². The van der Waals surface area contributed by atoms with Gasteiger partial charge in [-0.05, 0) is 30.9 Å². The van der Waals surface area contributed by atoms with Crippen molar-refractivity contribution in [3.05, 3.63) is 60.3 Å². The molecule has 4 rings (SSSR count). The first-order valence-electron chi connectivity index (χ1n) is 8.69. The Morgan fingerprint density at radius 3 is 2.88 bits per heavy atom. The first kappa shape index (κ1) is 15.6. The number of amides is 1. The van der Waals surface area contributed by atoms with Crippen molar-refractivity contribution in [1.82, 2.24) is 25.1 Å². The van der Waals surface area contributed by atoms with Crippen molar-refractivity contribution in [3.63, 3.8) is 0 Å². The van der Waals surface area contributed by atoms with Gasteiger partial charge >= 0.3 is 0 Å². The van der Waals surface area contributed by atoms with Crippen molar-refractivity contribution in [2.75, 3.05) is 6.54 Å². The van der Waals surface area contributed by atoms with E-state index in [0.717, 1.165) is 48.6 Å². The molecule has 128 valence electrons. The van der Waals surface area contributed by atoms with Crippen LogP contribution >= 0.6 is 0 Å². The molecule has 1 amide bonds. The molecule has 0 saturated carbocycles. The molecule has 6 nitrogen and oxygen atoms in total. The summed E-state index contributed by atoms with van der Waals surface area (Å²) in [6, 6.07) is 12.0. The van der Waals surface area contributed by atoms with E-state index in [2.05, 4.69) is 32.3 Å². The van der Waals surface area contributed by atoms with Crippen molar-refractivity contribution in [2.45, 2.75) is 31.7 Å². The van der Waals surface area contributed by atoms with Crippen LogP contribution in [0.5, 0.6) is 0 Å². The van der Waals surface area contributed by atoms with Gasteiger partial charge in [0.2, 0.25) is 5.91 Å². The van der Waals surface area contributed by atoms with E-state index in [9.17, 15) is 4.79 Å². The van der Waals surface area contributed by atoms with E-state index in [1.165, 1.54) is 0 Å². The van der Waals surface area contributed by atoms with Crippen LogP contribution in [0.3, 0.4) is 0 Å². The molecule has 0 unspecified atom stereocenters. The Balaban J connectivity index is 1.55. The smallest absolute Gasteiger partial charge is 0.229 e. The highest BCUT2D eigenvalue weighted by molar-refractivity contribution is 5.78. The Labute approximate surface area is 146 Å². The van der Waals surface area contributed by atoms with Crippen LogP contribution in [0.1, 0.15) is 36.8 Å². The number of likely N-dealkylation sites (tertiary alicyclic amines) is 1. The summed E-state index contributed by atoms with van der Waals surface area (Å²) < 4.78 is 0. The number of carbonyl (C=O) groups excluding carboxylic acids is 1. The zero-order chi connectivity index (χ0) is 17.1. The van der Waals surface area contributed by atoms with E-state index in [0.29, 0.717) is 6.42 Å². The number of hydrogen-bond acceptors (Lipinski definition) is 3. The van der Waals surface area contributed by atoms with Crippen LogP contribution in [0.25, 0.3) is 11.3 Å². The van der Waals surface area contributed by atoms with Gasteiger partial charge in [0.15, 0.2) is 0 Å². The maximum Gasteiger partial charge on any atom is 0.229 e. The summed E-state index contributed by atoms with van der Waals surface area (Å²) in [6.45, 7) is 0.777. The fourth-order valence-electron chi connectivity index (χ4n) is 3.43. The molecule has 1 aliphatic rings. The first-order valence-corrected chi connectivity index (χ1v) is 8.69. The zero-order valence-electron chi connectivity index (χ0n) is 14.0. The average molecular weight is 335 g/mol. The topological polar surface area (TPSA) is 77.7 Å². The lowest BCUT2D eigenvalue weighted by molar-refractivity contribution is -0.134. The molecule has 1 aliphatic heterocycles. The zero-order valence-corrected chi connectivity index (χ0v) is 14.0. The Kier molecular flexibility index (Phi) is 4.33. The summed E-state index contributed by atoms with van der Waals surface area (Å²) in [5.74, 6) is 0.989. The molecule has 25 heavy (non-hydrogen) atoms. The van der Waals surface area contributed by atoms with Gasteiger partial charge in [-0.1, -0.05) is 30.3 Å². The van der Waals surface area contributed by atoms with E-state index < -0.39 is 0 Å². The Hall–Kier alpha value is -2.89. The highest BCUT2D eigenvalue weighted by Gasteiger charge is 2.30. The molecule has 3 aromatic rings. The van der Waals surface area contributed by atoms with Gasteiger partial charge in [-0.2, -0.15) is 5.10 Å². The number of nitrogens with zero attached hydrogens (tertiary/aromatic N) is 3. The van der Waals surface area contributed by atoms with E-state index in [1.54, 1.807) is 6.20 Å². The molecule has 6 heteroatoms. The van der Waals surface area contributed by atoms with Crippen LogP contribution in [0, 0.1) is 0 Å². The van der Waals surface area contributed by atoms with Crippen molar-refractivity contribution >= 4 is 5.91 Å². The highest BCUT2D eigenvalue weighted by Crippen LogP contribution is 2.31. The molecule has 3 heterocycles. The lowest BCUT2D eigenvalue weighted by Crippen LogP contribution is -2.39. The van der Waals surface area contributed by atoms with Gasteiger partial charge in [0.05, 0.1) is 24.4 Å². The lowest BCUT2D eigenvalue weighted by Gasteiger charge is -2.34. The average Bonchev–Trinajstić information content (AvgIpc) is 3.34. The normalized spacial score (nSPS) is 17.6. The number of nitrogens with one attached hydrogen (secondary N) is 2. The summed E-state index contributed by atoms with van der Waals surface area (Å²) in [5.41, 5.74) is 2.94. The maximum absolute atomic E-state index is 12.8. The summed E-state index contributed by atoms with van der Waals surface area (Å²) in [5, 5.41) is 6.79. The van der Waals surface area contributed by atoms with Crippen LogP contribution in [-0.4, -0.2) is 37.5 Å². The van der Waals surface area contributed by atoms with E-state index in [1.807, 2.05) is 35.4 Å². The predicted molar refractivity (Wildman–Crippen MR) is 94.6 cm³/mol. The fourth-order valence-corrected chi connectivity index (χ4v) is 3.43. The minimum absolute atomic E-state index is 0.0154. The number of aromatic amines is 2. The number of rotatable bonds is 4. The standard InChI is InChI=1S/C19H21N5O/c25-18(12-15-9-10-21-23-15)24-11-5-4-8-17(24)19-20-13-16(22-19)14-6-2-1-3-7-14/h1-3,6-7,9-10,13,17H,4-5,8,11-12H2,(H,20,22)(H,21,23)/t17-/m1/s1. The molecule has 0 radical (unpaired) electrons. The summed E-state index contributed by atoms with van der Waals surface area (Å²) in [4.78, 5) is 22.7. The summed E-state index contributed by atoms with van der Waals surface area (Å²) in [6.07, 6.45) is 6.97.